The zero-order valence-electron chi connectivity index (χ0n) is 16.4. The molecule has 2 fully saturated rings. The minimum absolute atomic E-state index is 0.0563. The van der Waals surface area contributed by atoms with Crippen molar-refractivity contribution in [3.8, 4) is 0 Å². The molecule has 0 aromatic carbocycles. The molecule has 0 aromatic rings. The second-order valence-corrected chi connectivity index (χ2v) is 7.97. The molecule has 0 spiro atoms. The van der Waals surface area contributed by atoms with Gasteiger partial charge in [0, 0.05) is 45.3 Å². The van der Waals surface area contributed by atoms with Crippen LogP contribution in [-0.2, 0) is 9.53 Å². The van der Waals surface area contributed by atoms with Gasteiger partial charge in [0.25, 0.3) is 5.91 Å². The van der Waals surface area contributed by atoms with Gasteiger partial charge in [-0.05, 0) is 19.4 Å². The van der Waals surface area contributed by atoms with E-state index in [9.17, 15) is 4.79 Å². The Morgan fingerprint density at radius 2 is 2.08 bits per heavy atom. The fraction of sp³-hybridized carbons (Fsp3) is 0.947. The Kier molecular flexibility index (Phi) is 8.13. The molecule has 1 amide bonds. The van der Waals surface area contributed by atoms with Crippen LogP contribution >= 0.6 is 0 Å². The van der Waals surface area contributed by atoms with Gasteiger partial charge in [0.05, 0.1) is 6.61 Å². The average molecular weight is 355 g/mol. The van der Waals surface area contributed by atoms with E-state index in [4.69, 9.17) is 10.5 Å². The van der Waals surface area contributed by atoms with Crippen molar-refractivity contribution in [3.05, 3.63) is 0 Å². The van der Waals surface area contributed by atoms with Gasteiger partial charge < -0.3 is 20.7 Å². The van der Waals surface area contributed by atoms with Crippen molar-refractivity contribution in [2.75, 3.05) is 46.9 Å². The first-order valence-electron chi connectivity index (χ1n) is 10.0. The summed E-state index contributed by atoms with van der Waals surface area (Å²) in [5.74, 6) is 0.0563. The molecule has 2 saturated heterocycles. The van der Waals surface area contributed by atoms with Crippen LogP contribution in [0.25, 0.3) is 0 Å². The molecule has 6 nitrogen and oxygen atoms in total. The van der Waals surface area contributed by atoms with E-state index in [-0.39, 0.29) is 17.6 Å². The first kappa shape index (κ1) is 20.6. The number of amides is 1. The van der Waals surface area contributed by atoms with E-state index in [1.54, 1.807) is 19.0 Å². The molecule has 3 N–H and O–H groups in total. The van der Waals surface area contributed by atoms with Gasteiger partial charge in [-0.3, -0.25) is 9.69 Å². The fourth-order valence-corrected chi connectivity index (χ4v) is 4.21. The molecule has 0 saturated carbocycles. The number of nitrogens with one attached hydrogen (secondary N) is 1. The summed E-state index contributed by atoms with van der Waals surface area (Å²) in [5.41, 5.74) is 6.69. The molecule has 6 heteroatoms. The van der Waals surface area contributed by atoms with Crippen LogP contribution in [0, 0.1) is 0 Å². The topological polar surface area (TPSA) is 70.8 Å². The van der Waals surface area contributed by atoms with E-state index in [1.807, 2.05) is 0 Å². The van der Waals surface area contributed by atoms with E-state index in [2.05, 4.69) is 17.1 Å². The zero-order chi connectivity index (χ0) is 18.3. The lowest BCUT2D eigenvalue weighted by Crippen LogP contribution is -2.69. The zero-order valence-corrected chi connectivity index (χ0v) is 16.4. The van der Waals surface area contributed by atoms with Gasteiger partial charge in [-0.25, -0.2) is 0 Å². The van der Waals surface area contributed by atoms with Gasteiger partial charge in [0.15, 0.2) is 0 Å². The van der Waals surface area contributed by atoms with Crippen LogP contribution in [0.4, 0.5) is 0 Å². The van der Waals surface area contributed by atoms with Crippen molar-refractivity contribution in [2.24, 2.45) is 5.73 Å². The highest BCUT2D eigenvalue weighted by Crippen LogP contribution is 2.27. The lowest BCUT2D eigenvalue weighted by molar-refractivity contribution is -0.149. The lowest BCUT2D eigenvalue weighted by atomic mass is 9.80. The number of piperidine rings is 1. The van der Waals surface area contributed by atoms with Gasteiger partial charge in [-0.15, -0.1) is 0 Å². The maximum Gasteiger partial charge on any atom is 0.252 e. The third-order valence-corrected chi connectivity index (χ3v) is 5.71. The van der Waals surface area contributed by atoms with E-state index in [0.29, 0.717) is 19.2 Å². The highest BCUT2D eigenvalue weighted by atomic mass is 16.5. The Balaban J connectivity index is 1.95. The molecule has 146 valence electrons. The van der Waals surface area contributed by atoms with Crippen molar-refractivity contribution in [2.45, 2.75) is 69.6 Å². The number of hydrogen-bond donors (Lipinski definition) is 2. The highest BCUT2D eigenvalue weighted by Gasteiger charge is 2.42. The molecular formula is C19H38N4O2. The number of unbranched alkanes of at least 4 members (excludes halogenated alkanes) is 4. The summed E-state index contributed by atoms with van der Waals surface area (Å²) in [5, 5.41) is 3.49. The number of ether oxygens (including phenoxy) is 1. The Morgan fingerprint density at radius 3 is 2.80 bits per heavy atom. The molecule has 0 radical (unpaired) electrons. The quantitative estimate of drug-likeness (QED) is 0.641. The van der Waals surface area contributed by atoms with Crippen molar-refractivity contribution in [1.29, 1.82) is 0 Å². The maximum absolute atomic E-state index is 12.3. The van der Waals surface area contributed by atoms with Crippen molar-refractivity contribution in [3.63, 3.8) is 0 Å². The summed E-state index contributed by atoms with van der Waals surface area (Å²) in [6, 6.07) is 0.335. The number of likely N-dealkylation sites (N-methyl/N-ethyl adjacent to an activating group) is 1. The predicted molar refractivity (Wildman–Crippen MR) is 102 cm³/mol. The summed E-state index contributed by atoms with van der Waals surface area (Å²) < 4.78 is 5.73. The molecule has 25 heavy (non-hydrogen) atoms. The summed E-state index contributed by atoms with van der Waals surface area (Å²) in [7, 11) is 3.58. The maximum atomic E-state index is 12.3. The summed E-state index contributed by atoms with van der Waals surface area (Å²) >= 11 is 0. The molecule has 2 aliphatic rings. The predicted octanol–water partition coefficient (Wildman–Crippen LogP) is 1.20. The third kappa shape index (κ3) is 5.64. The molecule has 2 aliphatic heterocycles. The van der Waals surface area contributed by atoms with E-state index >= 15 is 0 Å². The number of carbonyl (C=O) groups excluding carboxylic acids is 1. The van der Waals surface area contributed by atoms with Crippen molar-refractivity contribution < 1.29 is 9.53 Å². The normalized spacial score (nSPS) is 31.0. The monoisotopic (exact) mass is 354 g/mol. The highest BCUT2D eigenvalue weighted by molar-refractivity contribution is 5.80. The second-order valence-electron chi connectivity index (χ2n) is 7.97. The molecular weight excluding hydrogens is 316 g/mol. The van der Waals surface area contributed by atoms with E-state index in [1.165, 1.54) is 32.1 Å². The van der Waals surface area contributed by atoms with Crippen molar-refractivity contribution in [1.82, 2.24) is 15.1 Å². The molecule has 0 bridgehead atoms. The minimum atomic E-state index is -0.354. The first-order chi connectivity index (χ1) is 12.0. The SMILES string of the molecule is CCCCCCCC1(N)CNCCC1N1CCOC(C(=O)N(C)C)C1. The number of rotatable bonds is 8. The Hall–Kier alpha value is -0.690. The van der Waals surface area contributed by atoms with Crippen LogP contribution in [0.3, 0.4) is 0 Å². The number of carbonyl (C=O) groups is 1. The van der Waals surface area contributed by atoms with Gasteiger partial charge in [0.2, 0.25) is 0 Å². The Labute approximate surface area is 153 Å². The van der Waals surface area contributed by atoms with Crippen LogP contribution < -0.4 is 11.1 Å². The van der Waals surface area contributed by atoms with E-state index < -0.39 is 0 Å². The fourth-order valence-electron chi connectivity index (χ4n) is 4.21. The van der Waals surface area contributed by atoms with Crippen LogP contribution in [0.2, 0.25) is 0 Å². The number of nitrogens with zero attached hydrogens (tertiary/aromatic N) is 2. The molecule has 0 aliphatic carbocycles. The summed E-state index contributed by atoms with van der Waals surface area (Å²) in [4.78, 5) is 16.3. The van der Waals surface area contributed by atoms with Crippen LogP contribution in [0.5, 0.6) is 0 Å². The van der Waals surface area contributed by atoms with Crippen LogP contribution in [0.15, 0.2) is 0 Å². The Bertz CT molecular complexity index is 418. The smallest absolute Gasteiger partial charge is 0.252 e. The van der Waals surface area contributed by atoms with Gasteiger partial charge in [-0.1, -0.05) is 39.0 Å². The summed E-state index contributed by atoms with van der Waals surface area (Å²) in [6.07, 6.45) is 8.11. The molecule has 2 heterocycles. The molecule has 2 rings (SSSR count). The molecule has 0 aromatic heterocycles. The Morgan fingerprint density at radius 1 is 1.32 bits per heavy atom. The third-order valence-electron chi connectivity index (χ3n) is 5.71. The summed E-state index contributed by atoms with van der Waals surface area (Å²) in [6.45, 7) is 6.27. The van der Waals surface area contributed by atoms with Crippen LogP contribution in [-0.4, -0.2) is 80.3 Å². The van der Waals surface area contributed by atoms with E-state index in [0.717, 1.165) is 32.5 Å². The number of hydrogen-bond acceptors (Lipinski definition) is 5. The van der Waals surface area contributed by atoms with Gasteiger partial charge in [0.1, 0.15) is 6.10 Å². The van der Waals surface area contributed by atoms with Gasteiger partial charge >= 0.3 is 0 Å². The number of morpholine rings is 1. The number of nitrogens with two attached hydrogens (primary N) is 1. The van der Waals surface area contributed by atoms with Gasteiger partial charge in [-0.2, -0.15) is 0 Å². The van der Waals surface area contributed by atoms with Crippen molar-refractivity contribution >= 4 is 5.91 Å². The standard InChI is InChI=1S/C19H38N4O2/c1-4-5-6-7-8-10-19(20)15-21-11-9-17(19)23-12-13-25-16(14-23)18(24)22(2)3/h16-17,21H,4-15,20H2,1-3H3. The average Bonchev–Trinajstić information content (AvgIpc) is 2.61. The van der Waals surface area contributed by atoms with Crippen LogP contribution in [0.1, 0.15) is 51.9 Å². The second kappa shape index (κ2) is 9.86. The first-order valence-corrected chi connectivity index (χ1v) is 10.0. The molecule has 3 unspecified atom stereocenters. The minimum Gasteiger partial charge on any atom is -0.366 e. The largest absolute Gasteiger partial charge is 0.366 e. The lowest BCUT2D eigenvalue weighted by Gasteiger charge is -2.49. The molecule has 3 atom stereocenters.